The Balaban J connectivity index is 1.60. The second-order valence-corrected chi connectivity index (χ2v) is 5.44. The second kappa shape index (κ2) is 6.19. The topological polar surface area (TPSA) is 21.3 Å². The lowest BCUT2D eigenvalue weighted by Crippen LogP contribution is -2.13. The van der Waals surface area contributed by atoms with Crippen LogP contribution in [0.4, 0.5) is 5.69 Å². The summed E-state index contributed by atoms with van der Waals surface area (Å²) in [6.45, 7) is 1.66. The fourth-order valence-electron chi connectivity index (χ4n) is 2.54. The van der Waals surface area contributed by atoms with E-state index in [1.807, 2.05) is 12.1 Å². The molecule has 1 unspecified atom stereocenters. The molecule has 2 nitrogen and oxygen atoms in total. The molecule has 20 heavy (non-hydrogen) atoms. The zero-order valence-electron chi connectivity index (χ0n) is 11.3. The lowest BCUT2D eigenvalue weighted by atomic mass is 10.0. The van der Waals surface area contributed by atoms with Gasteiger partial charge in [-0.2, -0.15) is 0 Å². The first-order valence-electron chi connectivity index (χ1n) is 6.97. The molecule has 2 aromatic carbocycles. The third-order valence-corrected chi connectivity index (χ3v) is 3.88. The number of hydrogen-bond donors (Lipinski definition) is 1. The average molecular weight is 288 g/mol. The van der Waals surface area contributed by atoms with Gasteiger partial charge in [0.2, 0.25) is 0 Å². The molecular formula is C17H18ClNO. The monoisotopic (exact) mass is 287 g/mol. The molecular weight excluding hydrogens is 270 g/mol. The van der Waals surface area contributed by atoms with E-state index >= 15 is 0 Å². The summed E-state index contributed by atoms with van der Waals surface area (Å²) in [5.74, 6) is 2.12. The van der Waals surface area contributed by atoms with Gasteiger partial charge in [0.05, 0.1) is 6.61 Å². The van der Waals surface area contributed by atoms with Crippen molar-refractivity contribution in [3.8, 4) is 5.75 Å². The normalized spacial score (nSPS) is 16.6. The molecule has 0 bridgehead atoms. The van der Waals surface area contributed by atoms with E-state index in [0.29, 0.717) is 11.8 Å². The largest absolute Gasteiger partial charge is 0.493 e. The smallest absolute Gasteiger partial charge is 0.122 e. The maximum absolute atomic E-state index is 5.74. The van der Waals surface area contributed by atoms with Gasteiger partial charge in [-0.1, -0.05) is 30.3 Å². The number of alkyl halides is 1. The molecule has 1 atom stereocenters. The fourth-order valence-corrected chi connectivity index (χ4v) is 2.76. The van der Waals surface area contributed by atoms with Crippen LogP contribution in [0.3, 0.4) is 0 Å². The Labute approximate surface area is 124 Å². The Kier molecular flexibility index (Phi) is 4.12. The van der Waals surface area contributed by atoms with Crippen molar-refractivity contribution in [3.05, 3.63) is 59.7 Å². The van der Waals surface area contributed by atoms with Gasteiger partial charge >= 0.3 is 0 Å². The summed E-state index contributed by atoms with van der Waals surface area (Å²) in [7, 11) is 0. The highest BCUT2D eigenvalue weighted by molar-refractivity contribution is 6.17. The minimum atomic E-state index is 0.425. The molecule has 0 radical (unpaired) electrons. The van der Waals surface area contributed by atoms with Crippen molar-refractivity contribution in [1.82, 2.24) is 0 Å². The van der Waals surface area contributed by atoms with Gasteiger partial charge in [0.1, 0.15) is 5.75 Å². The van der Waals surface area contributed by atoms with E-state index in [-0.39, 0.29) is 0 Å². The quantitative estimate of drug-likeness (QED) is 0.838. The van der Waals surface area contributed by atoms with Crippen LogP contribution in [-0.2, 0) is 6.42 Å². The van der Waals surface area contributed by atoms with E-state index in [1.54, 1.807) is 0 Å². The SMILES string of the molecule is ClCCc1ccc(NCC2COc3ccccc32)cc1. The molecule has 0 amide bonds. The molecule has 1 N–H and O–H groups in total. The van der Waals surface area contributed by atoms with Crippen LogP contribution in [0.1, 0.15) is 17.0 Å². The summed E-state index contributed by atoms with van der Waals surface area (Å²) in [6.07, 6.45) is 0.922. The zero-order chi connectivity index (χ0) is 13.8. The van der Waals surface area contributed by atoms with Gasteiger partial charge in [-0.3, -0.25) is 0 Å². The van der Waals surface area contributed by atoms with Crippen LogP contribution in [0.15, 0.2) is 48.5 Å². The van der Waals surface area contributed by atoms with Crippen LogP contribution < -0.4 is 10.1 Å². The number of aryl methyl sites for hydroxylation is 1. The molecule has 0 saturated heterocycles. The van der Waals surface area contributed by atoms with E-state index in [2.05, 4.69) is 41.7 Å². The standard InChI is InChI=1S/C17H18ClNO/c18-10-9-13-5-7-15(8-6-13)19-11-14-12-20-17-4-2-1-3-16(14)17/h1-8,14,19H,9-12H2. The third-order valence-electron chi connectivity index (χ3n) is 3.69. The second-order valence-electron chi connectivity index (χ2n) is 5.06. The van der Waals surface area contributed by atoms with E-state index in [4.69, 9.17) is 16.3 Å². The van der Waals surface area contributed by atoms with Crippen LogP contribution in [0.25, 0.3) is 0 Å². The molecule has 1 heterocycles. The highest BCUT2D eigenvalue weighted by Gasteiger charge is 2.22. The lowest BCUT2D eigenvalue weighted by molar-refractivity contribution is 0.334. The minimum absolute atomic E-state index is 0.425. The number of para-hydroxylation sites is 1. The maximum Gasteiger partial charge on any atom is 0.122 e. The van der Waals surface area contributed by atoms with Crippen molar-refractivity contribution in [2.75, 3.05) is 24.3 Å². The summed E-state index contributed by atoms with van der Waals surface area (Å²) < 4.78 is 5.70. The van der Waals surface area contributed by atoms with Gasteiger partial charge in [0.25, 0.3) is 0 Å². The molecule has 0 spiro atoms. The van der Waals surface area contributed by atoms with Crippen molar-refractivity contribution in [1.29, 1.82) is 0 Å². The zero-order valence-corrected chi connectivity index (χ0v) is 12.1. The lowest BCUT2D eigenvalue weighted by Gasteiger charge is -2.12. The van der Waals surface area contributed by atoms with Gasteiger partial charge < -0.3 is 10.1 Å². The Morgan fingerprint density at radius 2 is 1.90 bits per heavy atom. The average Bonchev–Trinajstić information content (AvgIpc) is 2.90. The van der Waals surface area contributed by atoms with E-state index < -0.39 is 0 Å². The Morgan fingerprint density at radius 3 is 2.70 bits per heavy atom. The van der Waals surface area contributed by atoms with Crippen LogP contribution in [-0.4, -0.2) is 19.0 Å². The van der Waals surface area contributed by atoms with Gasteiger partial charge in [-0.25, -0.2) is 0 Å². The predicted molar refractivity (Wildman–Crippen MR) is 84.0 cm³/mol. The number of anilines is 1. The van der Waals surface area contributed by atoms with E-state index in [9.17, 15) is 0 Å². The summed E-state index contributed by atoms with van der Waals surface area (Å²) in [5, 5.41) is 3.48. The highest BCUT2D eigenvalue weighted by atomic mass is 35.5. The molecule has 3 rings (SSSR count). The number of hydrogen-bond acceptors (Lipinski definition) is 2. The highest BCUT2D eigenvalue weighted by Crippen LogP contribution is 2.33. The predicted octanol–water partition coefficient (Wildman–Crippen LogP) is 4.06. The van der Waals surface area contributed by atoms with Crippen LogP contribution >= 0.6 is 11.6 Å². The Morgan fingerprint density at radius 1 is 1.10 bits per heavy atom. The van der Waals surface area contributed by atoms with Crippen molar-refractivity contribution < 1.29 is 4.74 Å². The van der Waals surface area contributed by atoms with Crippen molar-refractivity contribution in [2.45, 2.75) is 12.3 Å². The number of fused-ring (bicyclic) bond motifs is 1. The first kappa shape index (κ1) is 13.3. The molecule has 1 aliphatic heterocycles. The van der Waals surface area contributed by atoms with E-state index in [1.165, 1.54) is 11.1 Å². The molecule has 1 aliphatic rings. The molecule has 0 aliphatic carbocycles. The number of benzene rings is 2. The van der Waals surface area contributed by atoms with Gasteiger partial charge in [0, 0.05) is 29.6 Å². The summed E-state index contributed by atoms with van der Waals surface area (Å²) in [5.41, 5.74) is 3.73. The maximum atomic E-state index is 5.74. The summed E-state index contributed by atoms with van der Waals surface area (Å²) in [6, 6.07) is 16.8. The molecule has 3 heteroatoms. The van der Waals surface area contributed by atoms with Gasteiger partial charge in [-0.15, -0.1) is 11.6 Å². The van der Waals surface area contributed by atoms with Crippen LogP contribution in [0, 0.1) is 0 Å². The minimum Gasteiger partial charge on any atom is -0.493 e. The number of rotatable bonds is 5. The molecule has 0 saturated carbocycles. The number of nitrogens with one attached hydrogen (secondary N) is 1. The summed E-state index contributed by atoms with van der Waals surface area (Å²) >= 11 is 5.74. The van der Waals surface area contributed by atoms with Gasteiger partial charge in [-0.05, 0) is 30.2 Å². The third kappa shape index (κ3) is 2.91. The number of ether oxygens (including phenoxy) is 1. The Bertz CT molecular complexity index is 567. The number of halogens is 1. The fraction of sp³-hybridized carbons (Fsp3) is 0.294. The van der Waals surface area contributed by atoms with Crippen molar-refractivity contribution >= 4 is 17.3 Å². The first-order valence-corrected chi connectivity index (χ1v) is 7.51. The van der Waals surface area contributed by atoms with Gasteiger partial charge in [0.15, 0.2) is 0 Å². The molecule has 104 valence electrons. The Hall–Kier alpha value is -1.67. The van der Waals surface area contributed by atoms with Crippen LogP contribution in [0.5, 0.6) is 5.75 Å². The van der Waals surface area contributed by atoms with Crippen molar-refractivity contribution in [2.24, 2.45) is 0 Å². The van der Waals surface area contributed by atoms with E-state index in [0.717, 1.165) is 31.0 Å². The van der Waals surface area contributed by atoms with Crippen LogP contribution in [0.2, 0.25) is 0 Å². The van der Waals surface area contributed by atoms with Crippen molar-refractivity contribution in [3.63, 3.8) is 0 Å². The molecule has 0 fully saturated rings. The first-order chi connectivity index (χ1) is 9.86. The molecule has 0 aromatic heterocycles. The molecule has 2 aromatic rings. The summed E-state index contributed by atoms with van der Waals surface area (Å²) in [4.78, 5) is 0.